The van der Waals surface area contributed by atoms with Crippen molar-refractivity contribution in [3.8, 4) is 44.5 Å². The summed E-state index contributed by atoms with van der Waals surface area (Å²) in [5.74, 6) is 0. The Bertz CT molecular complexity index is 2420. The minimum absolute atomic E-state index is 0.121. The molecule has 1 N–H and O–H groups in total. The Morgan fingerprint density at radius 2 is 0.833 bits per heavy atom. The Labute approximate surface area is 320 Å². The number of para-hydroxylation sites is 2. The summed E-state index contributed by atoms with van der Waals surface area (Å²) in [6.45, 7) is 6.88. The number of rotatable bonds is 9. The molecule has 0 aliphatic heterocycles. The Balaban J connectivity index is 1.40. The lowest BCUT2D eigenvalue weighted by Gasteiger charge is -2.32. The number of hydrogen-bond acceptors (Lipinski definition) is 2. The molecule has 54 heavy (non-hydrogen) atoms. The van der Waals surface area contributed by atoms with Crippen LogP contribution in [0.5, 0.6) is 0 Å². The van der Waals surface area contributed by atoms with Crippen LogP contribution in [-0.2, 0) is 5.41 Å². The highest BCUT2D eigenvalue weighted by molar-refractivity contribution is 5.98. The fourth-order valence-corrected chi connectivity index (χ4v) is 7.21. The summed E-state index contributed by atoms with van der Waals surface area (Å²) in [6, 6.07) is 74.0. The average Bonchev–Trinajstić information content (AvgIpc) is 3.22. The van der Waals surface area contributed by atoms with E-state index in [1.165, 1.54) is 22.3 Å². The first-order chi connectivity index (χ1) is 26.4. The molecule has 8 aromatic carbocycles. The summed E-state index contributed by atoms with van der Waals surface area (Å²) in [5, 5.41) is 3.88. The van der Waals surface area contributed by atoms with Crippen molar-refractivity contribution in [2.24, 2.45) is 0 Å². The van der Waals surface area contributed by atoms with Gasteiger partial charge in [0.1, 0.15) is 0 Å². The molecule has 0 aliphatic rings. The van der Waals surface area contributed by atoms with Gasteiger partial charge >= 0.3 is 0 Å². The molecule has 0 unspecified atom stereocenters. The zero-order valence-electron chi connectivity index (χ0n) is 31.1. The van der Waals surface area contributed by atoms with Crippen molar-refractivity contribution in [3.63, 3.8) is 0 Å². The lowest BCUT2D eigenvalue weighted by molar-refractivity contribution is 0.590. The van der Waals surface area contributed by atoms with E-state index in [0.717, 1.165) is 56.3 Å². The number of nitrogens with zero attached hydrogens (tertiary/aromatic N) is 1. The van der Waals surface area contributed by atoms with Crippen molar-refractivity contribution in [2.75, 3.05) is 10.2 Å². The van der Waals surface area contributed by atoms with Gasteiger partial charge in [0.25, 0.3) is 0 Å². The van der Waals surface area contributed by atoms with E-state index < -0.39 is 0 Å². The molecular formula is C52H44N2. The maximum absolute atomic E-state index is 3.88. The third-order valence-electron chi connectivity index (χ3n) is 9.97. The van der Waals surface area contributed by atoms with Gasteiger partial charge in [-0.25, -0.2) is 0 Å². The van der Waals surface area contributed by atoms with E-state index in [0.29, 0.717) is 0 Å². The Morgan fingerprint density at radius 3 is 1.41 bits per heavy atom. The molecule has 8 rings (SSSR count). The highest BCUT2D eigenvalue weighted by atomic mass is 15.1. The number of benzene rings is 8. The van der Waals surface area contributed by atoms with Gasteiger partial charge in [0, 0.05) is 39.4 Å². The van der Waals surface area contributed by atoms with Gasteiger partial charge in [-0.3, -0.25) is 0 Å². The smallest absolute Gasteiger partial charge is 0.0618 e. The SMILES string of the molecule is CC(C)(C)c1cc(Nc2ccccc2-c2ccccc2)cc(N(c2cccc(-c3ccccc3)c2)c2c(-c3ccccc3)cccc2-c2ccccc2)c1. The van der Waals surface area contributed by atoms with E-state index in [-0.39, 0.29) is 5.41 Å². The monoisotopic (exact) mass is 696 g/mol. The van der Waals surface area contributed by atoms with Gasteiger partial charge < -0.3 is 10.2 Å². The summed E-state index contributed by atoms with van der Waals surface area (Å²) in [5.41, 5.74) is 15.8. The molecule has 2 nitrogen and oxygen atoms in total. The number of nitrogens with one attached hydrogen (secondary N) is 1. The van der Waals surface area contributed by atoms with E-state index in [2.05, 4.69) is 237 Å². The zero-order chi connectivity index (χ0) is 36.9. The summed E-state index contributed by atoms with van der Waals surface area (Å²) >= 11 is 0. The highest BCUT2D eigenvalue weighted by Gasteiger charge is 2.25. The van der Waals surface area contributed by atoms with Crippen LogP contribution >= 0.6 is 0 Å². The van der Waals surface area contributed by atoms with Crippen molar-refractivity contribution in [3.05, 3.63) is 212 Å². The van der Waals surface area contributed by atoms with Crippen LogP contribution in [0, 0.1) is 0 Å². The van der Waals surface area contributed by atoms with Crippen LogP contribution in [0.2, 0.25) is 0 Å². The molecule has 0 amide bonds. The second kappa shape index (κ2) is 15.1. The van der Waals surface area contributed by atoms with Crippen LogP contribution in [0.15, 0.2) is 206 Å². The molecule has 0 fully saturated rings. The standard InChI is InChI=1S/C52H44N2/c1-52(2,3)43-35-44(53-50-33-17-16-30-47(50)39-22-10-5-11-23-39)37-46(36-43)54(45-29-18-28-42(34-45)38-20-8-4-9-21-38)51-48(40-24-12-6-13-25-40)31-19-32-49(51)41-26-14-7-15-27-41/h4-37,53H,1-3H3. The van der Waals surface area contributed by atoms with Crippen molar-refractivity contribution >= 4 is 28.4 Å². The highest BCUT2D eigenvalue weighted by Crippen LogP contribution is 2.48. The summed E-state index contributed by atoms with van der Waals surface area (Å²) < 4.78 is 0. The van der Waals surface area contributed by atoms with Gasteiger partial charge in [0.2, 0.25) is 0 Å². The van der Waals surface area contributed by atoms with Crippen molar-refractivity contribution in [1.29, 1.82) is 0 Å². The molecule has 0 atom stereocenters. The molecule has 0 aromatic heterocycles. The number of hydrogen-bond donors (Lipinski definition) is 1. The molecule has 0 spiro atoms. The summed E-state index contributed by atoms with van der Waals surface area (Å²) in [7, 11) is 0. The van der Waals surface area contributed by atoms with Crippen LogP contribution in [0.1, 0.15) is 26.3 Å². The first-order valence-corrected chi connectivity index (χ1v) is 18.7. The third-order valence-corrected chi connectivity index (χ3v) is 9.97. The van der Waals surface area contributed by atoms with Crippen LogP contribution < -0.4 is 10.2 Å². The molecule has 0 radical (unpaired) electrons. The van der Waals surface area contributed by atoms with E-state index in [1.807, 2.05) is 0 Å². The molecular weight excluding hydrogens is 653 g/mol. The van der Waals surface area contributed by atoms with E-state index >= 15 is 0 Å². The topological polar surface area (TPSA) is 15.3 Å². The Morgan fingerprint density at radius 1 is 0.370 bits per heavy atom. The third kappa shape index (κ3) is 7.33. The van der Waals surface area contributed by atoms with Crippen molar-refractivity contribution in [2.45, 2.75) is 26.2 Å². The second-order valence-corrected chi connectivity index (χ2v) is 14.7. The van der Waals surface area contributed by atoms with E-state index in [4.69, 9.17) is 0 Å². The van der Waals surface area contributed by atoms with Crippen molar-refractivity contribution in [1.82, 2.24) is 0 Å². The minimum Gasteiger partial charge on any atom is -0.355 e. The van der Waals surface area contributed by atoms with Crippen LogP contribution in [0.3, 0.4) is 0 Å². The fraction of sp³-hybridized carbons (Fsp3) is 0.0769. The van der Waals surface area contributed by atoms with E-state index in [1.54, 1.807) is 0 Å². The first kappa shape index (κ1) is 34.4. The molecule has 0 aliphatic carbocycles. The largest absolute Gasteiger partial charge is 0.355 e. The van der Waals surface area contributed by atoms with Crippen LogP contribution in [0.25, 0.3) is 44.5 Å². The minimum atomic E-state index is -0.121. The maximum Gasteiger partial charge on any atom is 0.0618 e. The van der Waals surface area contributed by atoms with Crippen LogP contribution in [0.4, 0.5) is 28.4 Å². The molecule has 8 aromatic rings. The van der Waals surface area contributed by atoms with Crippen molar-refractivity contribution < 1.29 is 0 Å². The molecule has 262 valence electrons. The summed E-state index contributed by atoms with van der Waals surface area (Å²) in [4.78, 5) is 2.47. The predicted octanol–water partition coefficient (Wildman–Crippen LogP) is 14.9. The van der Waals surface area contributed by atoms with Gasteiger partial charge in [-0.15, -0.1) is 0 Å². The van der Waals surface area contributed by atoms with Gasteiger partial charge in [0.05, 0.1) is 5.69 Å². The quantitative estimate of drug-likeness (QED) is 0.162. The van der Waals surface area contributed by atoms with Gasteiger partial charge in [-0.2, -0.15) is 0 Å². The molecule has 0 bridgehead atoms. The maximum atomic E-state index is 3.88. The first-order valence-electron chi connectivity index (χ1n) is 18.7. The van der Waals surface area contributed by atoms with Gasteiger partial charge in [0.15, 0.2) is 0 Å². The summed E-state index contributed by atoms with van der Waals surface area (Å²) in [6.07, 6.45) is 0. The molecule has 0 heterocycles. The normalized spacial score (nSPS) is 11.2. The van der Waals surface area contributed by atoms with E-state index in [9.17, 15) is 0 Å². The Hall–Kier alpha value is -6.64. The lowest BCUT2D eigenvalue weighted by Crippen LogP contribution is -2.16. The molecule has 0 saturated heterocycles. The van der Waals surface area contributed by atoms with Crippen LogP contribution in [-0.4, -0.2) is 0 Å². The lowest BCUT2D eigenvalue weighted by atomic mass is 9.86. The Kier molecular flexibility index (Phi) is 9.66. The average molecular weight is 697 g/mol. The van der Waals surface area contributed by atoms with Gasteiger partial charge in [-0.1, -0.05) is 191 Å². The second-order valence-electron chi connectivity index (χ2n) is 14.7. The fourth-order valence-electron chi connectivity index (χ4n) is 7.21. The zero-order valence-corrected chi connectivity index (χ0v) is 31.1. The van der Waals surface area contributed by atoms with Gasteiger partial charge in [-0.05, 0) is 75.2 Å². The number of anilines is 5. The predicted molar refractivity (Wildman–Crippen MR) is 231 cm³/mol. The molecule has 2 heteroatoms. The molecule has 0 saturated carbocycles.